The zero-order chi connectivity index (χ0) is 11.3. The van der Waals surface area contributed by atoms with Crippen molar-refractivity contribution in [3.8, 4) is 0 Å². The fourth-order valence-corrected chi connectivity index (χ4v) is 1.05. The van der Waals surface area contributed by atoms with Gasteiger partial charge in [0.1, 0.15) is 0 Å². The Morgan fingerprint density at radius 3 is 3.07 bits per heavy atom. The van der Waals surface area contributed by atoms with Crippen molar-refractivity contribution in [2.24, 2.45) is 5.73 Å². The summed E-state index contributed by atoms with van der Waals surface area (Å²) in [6.45, 7) is 2.44. The van der Waals surface area contributed by atoms with E-state index >= 15 is 0 Å². The molecular weight excluding hydrogens is 196 g/mol. The van der Waals surface area contributed by atoms with Crippen molar-refractivity contribution < 1.29 is 4.92 Å². The zero-order valence-corrected chi connectivity index (χ0v) is 8.51. The Bertz CT molecular complexity index is 343. The molecule has 0 spiro atoms. The Balaban J connectivity index is 2.72. The molecule has 0 aromatic carbocycles. The van der Waals surface area contributed by atoms with E-state index in [0.29, 0.717) is 6.54 Å². The van der Waals surface area contributed by atoms with E-state index in [2.05, 4.69) is 10.3 Å². The van der Waals surface area contributed by atoms with Gasteiger partial charge in [0, 0.05) is 24.8 Å². The molecule has 0 radical (unpaired) electrons. The van der Waals surface area contributed by atoms with Gasteiger partial charge >= 0.3 is 5.69 Å². The summed E-state index contributed by atoms with van der Waals surface area (Å²) in [7, 11) is 0. The van der Waals surface area contributed by atoms with Crippen molar-refractivity contribution in [3.63, 3.8) is 0 Å². The third-order valence-corrected chi connectivity index (χ3v) is 2.04. The molecule has 6 heteroatoms. The lowest BCUT2D eigenvalue weighted by molar-refractivity contribution is -0.384. The van der Waals surface area contributed by atoms with Crippen molar-refractivity contribution in [1.82, 2.24) is 4.98 Å². The van der Waals surface area contributed by atoms with E-state index in [4.69, 9.17) is 5.73 Å². The van der Waals surface area contributed by atoms with Gasteiger partial charge in [-0.05, 0) is 12.5 Å². The Kier molecular flexibility index (Phi) is 3.99. The Labute approximate surface area is 87.7 Å². The Hall–Kier alpha value is -1.69. The molecule has 6 nitrogen and oxygen atoms in total. The molecule has 0 bridgehead atoms. The second-order valence-corrected chi connectivity index (χ2v) is 3.18. The third-order valence-electron chi connectivity index (χ3n) is 2.04. The highest BCUT2D eigenvalue weighted by molar-refractivity contribution is 5.55. The predicted molar refractivity (Wildman–Crippen MR) is 57.6 cm³/mol. The average molecular weight is 210 g/mol. The number of rotatable bonds is 5. The van der Waals surface area contributed by atoms with Crippen LogP contribution in [0.25, 0.3) is 0 Å². The van der Waals surface area contributed by atoms with Gasteiger partial charge in [0.15, 0.2) is 0 Å². The number of nitrogens with two attached hydrogens (primary N) is 1. The van der Waals surface area contributed by atoms with Gasteiger partial charge in [-0.2, -0.15) is 0 Å². The summed E-state index contributed by atoms with van der Waals surface area (Å²) < 4.78 is 0. The number of aromatic nitrogens is 1. The summed E-state index contributed by atoms with van der Waals surface area (Å²) >= 11 is 0. The van der Waals surface area contributed by atoms with Crippen LogP contribution in [0.15, 0.2) is 18.3 Å². The molecule has 1 unspecified atom stereocenters. The van der Waals surface area contributed by atoms with Gasteiger partial charge in [0.05, 0.1) is 4.92 Å². The van der Waals surface area contributed by atoms with Crippen LogP contribution in [-0.4, -0.2) is 22.5 Å². The zero-order valence-electron chi connectivity index (χ0n) is 8.51. The van der Waals surface area contributed by atoms with Crippen LogP contribution in [0, 0.1) is 10.1 Å². The third kappa shape index (κ3) is 3.17. The first-order chi connectivity index (χ1) is 7.15. The summed E-state index contributed by atoms with van der Waals surface area (Å²) in [5.41, 5.74) is 5.66. The molecule has 0 fully saturated rings. The fraction of sp³-hybridized carbons (Fsp3) is 0.444. The fourth-order valence-electron chi connectivity index (χ4n) is 1.05. The number of nitro groups is 1. The molecule has 1 atom stereocenters. The van der Waals surface area contributed by atoms with Crippen LogP contribution in [0.1, 0.15) is 13.3 Å². The highest BCUT2D eigenvalue weighted by atomic mass is 16.6. The molecule has 0 amide bonds. The molecule has 0 saturated carbocycles. The highest BCUT2D eigenvalue weighted by Crippen LogP contribution is 2.19. The molecule has 0 aliphatic heterocycles. The summed E-state index contributed by atoms with van der Waals surface area (Å²) in [5.74, 6) is 0.270. The summed E-state index contributed by atoms with van der Waals surface area (Å²) in [6.07, 6.45) is 2.32. The molecule has 0 aliphatic carbocycles. The lowest BCUT2D eigenvalue weighted by Crippen LogP contribution is -2.28. The van der Waals surface area contributed by atoms with Crippen LogP contribution in [0.5, 0.6) is 0 Å². The van der Waals surface area contributed by atoms with Crippen molar-refractivity contribution in [2.45, 2.75) is 19.4 Å². The normalized spacial score (nSPS) is 12.1. The Morgan fingerprint density at radius 2 is 2.47 bits per heavy atom. The van der Waals surface area contributed by atoms with Crippen LogP contribution in [0.3, 0.4) is 0 Å². The minimum atomic E-state index is -0.465. The molecule has 1 aromatic heterocycles. The quantitative estimate of drug-likeness (QED) is 0.561. The van der Waals surface area contributed by atoms with Gasteiger partial charge in [-0.3, -0.25) is 10.1 Å². The van der Waals surface area contributed by atoms with Crippen molar-refractivity contribution in [2.75, 3.05) is 11.9 Å². The van der Waals surface area contributed by atoms with Crippen LogP contribution in [-0.2, 0) is 0 Å². The topological polar surface area (TPSA) is 94.1 Å². The van der Waals surface area contributed by atoms with E-state index in [0.717, 1.165) is 6.42 Å². The molecule has 3 N–H and O–H groups in total. The van der Waals surface area contributed by atoms with Gasteiger partial charge in [0.2, 0.25) is 5.82 Å². The number of nitrogens with zero attached hydrogens (tertiary/aromatic N) is 2. The number of hydrogen-bond acceptors (Lipinski definition) is 5. The van der Waals surface area contributed by atoms with Crippen molar-refractivity contribution in [1.29, 1.82) is 0 Å². The van der Waals surface area contributed by atoms with E-state index in [1.165, 1.54) is 18.3 Å². The smallest absolute Gasteiger partial charge is 0.311 e. The number of hydrogen-bond donors (Lipinski definition) is 2. The van der Waals surface area contributed by atoms with E-state index in [-0.39, 0.29) is 17.5 Å². The summed E-state index contributed by atoms with van der Waals surface area (Å²) in [6, 6.07) is 2.92. The standard InChI is InChI=1S/C9H14N4O2/c1-2-7(10)6-12-9-8(13(14)15)4-3-5-11-9/h3-5,7H,2,6,10H2,1H3,(H,11,12). The number of anilines is 1. The highest BCUT2D eigenvalue weighted by Gasteiger charge is 2.13. The van der Waals surface area contributed by atoms with Crippen LogP contribution < -0.4 is 11.1 Å². The second-order valence-electron chi connectivity index (χ2n) is 3.18. The first kappa shape index (κ1) is 11.4. The molecule has 1 rings (SSSR count). The maximum Gasteiger partial charge on any atom is 0.311 e. The van der Waals surface area contributed by atoms with Crippen LogP contribution in [0.2, 0.25) is 0 Å². The lowest BCUT2D eigenvalue weighted by Gasteiger charge is -2.10. The monoisotopic (exact) mass is 210 g/mol. The molecule has 0 saturated heterocycles. The average Bonchev–Trinajstić information content (AvgIpc) is 2.26. The maximum absolute atomic E-state index is 10.6. The van der Waals surface area contributed by atoms with Crippen molar-refractivity contribution in [3.05, 3.63) is 28.4 Å². The first-order valence-electron chi connectivity index (χ1n) is 4.74. The van der Waals surface area contributed by atoms with Crippen LogP contribution in [0.4, 0.5) is 11.5 Å². The largest absolute Gasteiger partial charge is 0.363 e. The van der Waals surface area contributed by atoms with Crippen LogP contribution >= 0.6 is 0 Å². The number of nitrogens with one attached hydrogen (secondary N) is 1. The summed E-state index contributed by atoms with van der Waals surface area (Å²) in [5, 5.41) is 13.5. The number of pyridine rings is 1. The van der Waals surface area contributed by atoms with E-state index in [1.54, 1.807) is 0 Å². The first-order valence-corrected chi connectivity index (χ1v) is 4.74. The van der Waals surface area contributed by atoms with Gasteiger partial charge in [0.25, 0.3) is 0 Å². The van der Waals surface area contributed by atoms with Gasteiger partial charge in [-0.15, -0.1) is 0 Å². The Morgan fingerprint density at radius 1 is 1.73 bits per heavy atom. The molecule has 15 heavy (non-hydrogen) atoms. The molecule has 0 aliphatic rings. The van der Waals surface area contributed by atoms with E-state index in [1.807, 2.05) is 6.92 Å². The minimum Gasteiger partial charge on any atom is -0.363 e. The van der Waals surface area contributed by atoms with Gasteiger partial charge in [-0.25, -0.2) is 4.98 Å². The second kappa shape index (κ2) is 5.26. The molecule has 82 valence electrons. The maximum atomic E-state index is 10.6. The van der Waals surface area contributed by atoms with Gasteiger partial charge in [-0.1, -0.05) is 6.92 Å². The SMILES string of the molecule is CCC(N)CNc1ncccc1[N+](=O)[O-]. The van der Waals surface area contributed by atoms with Crippen molar-refractivity contribution >= 4 is 11.5 Å². The molecule has 1 aromatic rings. The van der Waals surface area contributed by atoms with E-state index < -0.39 is 4.92 Å². The molecule has 1 heterocycles. The summed E-state index contributed by atoms with van der Waals surface area (Å²) in [4.78, 5) is 14.1. The van der Waals surface area contributed by atoms with Gasteiger partial charge < -0.3 is 11.1 Å². The minimum absolute atomic E-state index is 0.0217. The predicted octanol–water partition coefficient (Wildman–Crippen LogP) is 1.14. The lowest BCUT2D eigenvalue weighted by atomic mass is 10.2. The molecular formula is C9H14N4O2. The van der Waals surface area contributed by atoms with E-state index in [9.17, 15) is 10.1 Å².